The molecule has 0 saturated heterocycles. The van der Waals surface area contributed by atoms with Crippen LogP contribution >= 0.6 is 15.9 Å². The maximum atomic E-state index is 7.00. The fourth-order valence-electron chi connectivity index (χ4n) is 0.834. The van der Waals surface area contributed by atoms with Crippen LogP contribution < -0.4 is 5.32 Å². The summed E-state index contributed by atoms with van der Waals surface area (Å²) in [5, 5.41) is 8.90. The van der Waals surface area contributed by atoms with E-state index in [2.05, 4.69) is 15.9 Å². The van der Waals surface area contributed by atoms with Gasteiger partial charge in [-0.2, -0.15) is 0 Å². The molecule has 0 atom stereocenters. The average Bonchev–Trinajstić information content (AvgIpc) is 2.17. The molecule has 3 N–H and O–H groups in total. The Labute approximate surface area is 79.4 Å². The van der Waals surface area contributed by atoms with Crippen molar-refractivity contribution in [2.24, 2.45) is 0 Å². The first-order chi connectivity index (χ1) is 5.77. The molecular weight excluding hydrogens is 220 g/mol. The van der Waals surface area contributed by atoms with Crippen molar-refractivity contribution in [3.05, 3.63) is 34.3 Å². The van der Waals surface area contributed by atoms with Gasteiger partial charge in [0.2, 0.25) is 0 Å². The molecule has 0 unspecified atom stereocenters. The lowest BCUT2D eigenvalue weighted by Crippen LogP contribution is -2.76. The van der Waals surface area contributed by atoms with Crippen LogP contribution in [0.3, 0.4) is 0 Å². The second-order valence-corrected chi connectivity index (χ2v) is 3.08. The lowest BCUT2D eigenvalue weighted by atomic mass is 10.3. The summed E-state index contributed by atoms with van der Waals surface area (Å²) in [5.41, 5.74) is 0.978. The smallest absolute Gasteiger partial charge is 0.172 e. The molecular formula is C8H10BrN2O+. The van der Waals surface area contributed by atoms with Crippen LogP contribution in [0.5, 0.6) is 0 Å². The average molecular weight is 230 g/mol. The molecule has 0 aliphatic carbocycles. The van der Waals surface area contributed by atoms with Crippen molar-refractivity contribution >= 4 is 22.1 Å². The van der Waals surface area contributed by atoms with Crippen LogP contribution in [0.4, 0.5) is 0 Å². The van der Waals surface area contributed by atoms with E-state index in [1.807, 2.05) is 23.7 Å². The lowest BCUT2D eigenvalue weighted by Gasteiger charge is -2.05. The van der Waals surface area contributed by atoms with Gasteiger partial charge in [-0.05, 0) is 22.0 Å². The molecule has 0 aromatic heterocycles. The Morgan fingerprint density at radius 1 is 1.67 bits per heavy atom. The highest BCUT2D eigenvalue weighted by atomic mass is 79.9. The van der Waals surface area contributed by atoms with Crippen LogP contribution in [0.1, 0.15) is 0 Å². The van der Waals surface area contributed by atoms with Crippen LogP contribution in [0, 0.1) is 5.41 Å². The predicted octanol–water partition coefficient (Wildman–Crippen LogP) is 0.863. The van der Waals surface area contributed by atoms with Gasteiger partial charge in [0, 0.05) is 12.3 Å². The minimum atomic E-state index is 0.769. The van der Waals surface area contributed by atoms with Gasteiger partial charge < -0.3 is 10.1 Å². The van der Waals surface area contributed by atoms with Gasteiger partial charge in [0.25, 0.3) is 0 Å². The zero-order valence-electron chi connectivity index (χ0n) is 6.67. The van der Waals surface area contributed by atoms with Crippen LogP contribution in [-0.4, -0.2) is 13.3 Å². The molecule has 0 aromatic carbocycles. The Morgan fingerprint density at radius 2 is 2.42 bits per heavy atom. The molecule has 1 aliphatic rings. The molecule has 0 aromatic rings. The highest BCUT2D eigenvalue weighted by molar-refractivity contribution is 9.12. The van der Waals surface area contributed by atoms with Gasteiger partial charge in [0.15, 0.2) is 5.76 Å². The van der Waals surface area contributed by atoms with E-state index < -0.39 is 0 Å². The minimum absolute atomic E-state index is 0.769. The molecule has 0 spiro atoms. The Morgan fingerprint density at radius 3 is 2.83 bits per heavy atom. The van der Waals surface area contributed by atoms with Crippen molar-refractivity contribution in [3.63, 3.8) is 0 Å². The summed E-state index contributed by atoms with van der Waals surface area (Å²) in [7, 11) is 1.63. The zero-order valence-corrected chi connectivity index (χ0v) is 8.26. The number of ether oxygens (including phenoxy) is 1. The molecule has 0 fully saturated rings. The molecule has 1 heterocycles. The van der Waals surface area contributed by atoms with Gasteiger partial charge in [0.05, 0.1) is 11.6 Å². The molecule has 0 saturated carbocycles. The van der Waals surface area contributed by atoms with E-state index in [1.165, 1.54) is 6.21 Å². The summed E-state index contributed by atoms with van der Waals surface area (Å²) >= 11 is 3.26. The van der Waals surface area contributed by atoms with Crippen LogP contribution in [0.25, 0.3) is 0 Å². The van der Waals surface area contributed by atoms with Gasteiger partial charge in [-0.1, -0.05) is 0 Å². The molecule has 0 bridgehead atoms. The Balaban J connectivity index is 2.78. The summed E-state index contributed by atoms with van der Waals surface area (Å²) in [6, 6.07) is 0. The second-order valence-electron chi connectivity index (χ2n) is 2.22. The fourth-order valence-corrected chi connectivity index (χ4v) is 1.10. The predicted molar refractivity (Wildman–Crippen MR) is 50.9 cm³/mol. The van der Waals surface area contributed by atoms with Gasteiger partial charge in [-0.3, -0.25) is 5.32 Å². The monoisotopic (exact) mass is 229 g/mol. The third-order valence-electron chi connectivity index (χ3n) is 1.49. The summed E-state index contributed by atoms with van der Waals surface area (Å²) < 4.78 is 5.77. The number of nitrogens with one attached hydrogen (secondary N) is 1. The summed E-state index contributed by atoms with van der Waals surface area (Å²) in [6.45, 7) is 0. The number of halogens is 1. The molecule has 12 heavy (non-hydrogen) atoms. The molecule has 0 radical (unpaired) electrons. The largest absolute Gasteiger partial charge is 0.491 e. The van der Waals surface area contributed by atoms with Gasteiger partial charge in [-0.15, -0.1) is 0 Å². The first-order valence-corrected chi connectivity index (χ1v) is 4.24. The summed E-state index contributed by atoms with van der Waals surface area (Å²) in [6.07, 6.45) is 6.88. The number of hydrogen-bond donors (Lipinski definition) is 2. The minimum Gasteiger partial charge on any atom is -0.491 e. The van der Waals surface area contributed by atoms with Crippen molar-refractivity contribution in [2.45, 2.75) is 0 Å². The number of quaternary nitrogens is 1. The zero-order chi connectivity index (χ0) is 8.97. The topological polar surface area (TPSA) is 49.7 Å². The second kappa shape index (κ2) is 4.23. The van der Waals surface area contributed by atoms with Crippen molar-refractivity contribution in [3.8, 4) is 0 Å². The number of hydrogen-bond acceptors (Lipinski definition) is 2. The van der Waals surface area contributed by atoms with Crippen molar-refractivity contribution < 1.29 is 10.1 Å². The number of allylic oxidation sites excluding steroid dienone is 3. The first-order valence-electron chi connectivity index (χ1n) is 3.45. The maximum absolute atomic E-state index is 7.00. The number of nitrogens with two attached hydrogens (primary N) is 1. The van der Waals surface area contributed by atoms with Crippen molar-refractivity contribution in [1.29, 1.82) is 5.41 Å². The van der Waals surface area contributed by atoms with E-state index >= 15 is 0 Å². The van der Waals surface area contributed by atoms with E-state index in [0.29, 0.717) is 0 Å². The molecule has 4 heteroatoms. The Kier molecular flexibility index (Phi) is 3.25. The normalized spacial score (nSPS) is 20.0. The van der Waals surface area contributed by atoms with Gasteiger partial charge >= 0.3 is 0 Å². The summed E-state index contributed by atoms with van der Waals surface area (Å²) in [4.78, 5) is 0. The van der Waals surface area contributed by atoms with Gasteiger partial charge in [0.1, 0.15) is 11.9 Å². The van der Waals surface area contributed by atoms with E-state index in [1.54, 1.807) is 7.11 Å². The lowest BCUT2D eigenvalue weighted by molar-refractivity contribution is -0.532. The third kappa shape index (κ3) is 2.06. The maximum Gasteiger partial charge on any atom is 0.172 e. The number of methoxy groups -OCH3 is 1. The molecule has 1 aliphatic heterocycles. The van der Waals surface area contributed by atoms with E-state index in [4.69, 9.17) is 10.1 Å². The first kappa shape index (κ1) is 9.22. The fraction of sp³-hybridized carbons (Fsp3) is 0.125. The van der Waals surface area contributed by atoms with Crippen LogP contribution in [-0.2, 0) is 4.74 Å². The highest BCUT2D eigenvalue weighted by Crippen LogP contribution is 2.08. The number of rotatable bonds is 2. The van der Waals surface area contributed by atoms with Crippen LogP contribution in [0.2, 0.25) is 0 Å². The molecule has 0 amide bonds. The highest BCUT2D eigenvalue weighted by Gasteiger charge is 2.07. The van der Waals surface area contributed by atoms with Crippen LogP contribution in [0.15, 0.2) is 34.3 Å². The van der Waals surface area contributed by atoms with Gasteiger partial charge in [-0.25, -0.2) is 0 Å². The standard InChI is InChI=1S/C8H9BrN2O/c1-12-6-2-3-8(11-5-6)7(9)4-10/h2-5,10-11H,1H3/p+1/b8-7+,10-4?. The molecule has 64 valence electrons. The Bertz CT molecular complexity index is 279. The third-order valence-corrected chi connectivity index (χ3v) is 2.18. The van der Waals surface area contributed by atoms with E-state index in [0.717, 1.165) is 15.9 Å². The quantitative estimate of drug-likeness (QED) is 0.679. The van der Waals surface area contributed by atoms with Crippen molar-refractivity contribution in [1.82, 2.24) is 0 Å². The van der Waals surface area contributed by atoms with Crippen molar-refractivity contribution in [2.75, 3.05) is 7.11 Å². The summed E-state index contributed by atoms with van der Waals surface area (Å²) in [5.74, 6) is 0.823. The van der Waals surface area contributed by atoms with E-state index in [-0.39, 0.29) is 0 Å². The van der Waals surface area contributed by atoms with E-state index in [9.17, 15) is 0 Å². The Hall–Kier alpha value is -0.870. The SMILES string of the molecule is COC1=C[NH2+]/C(=C(/Br)C=N)C=C1. The molecule has 1 rings (SSSR count). The molecule has 3 nitrogen and oxygen atoms in total.